The molecule has 0 saturated carbocycles. The van der Waals surface area contributed by atoms with E-state index in [1.54, 1.807) is 24.3 Å². The molecule has 0 heterocycles. The molecule has 26 heavy (non-hydrogen) atoms. The van der Waals surface area contributed by atoms with Crippen LogP contribution in [0.1, 0.15) is 0 Å². The van der Waals surface area contributed by atoms with E-state index < -0.39 is 40.9 Å². The summed E-state index contributed by atoms with van der Waals surface area (Å²) < 4.78 is 51.8. The second-order valence-electron chi connectivity index (χ2n) is 4.91. The number of carbonyl (C=O) groups is 1. The molecule has 0 saturated heterocycles. The quantitative estimate of drug-likeness (QED) is 0.398. The molecule has 9 heteroatoms. The minimum Gasteiger partial charge on any atom is -0.476 e. The van der Waals surface area contributed by atoms with Crippen LogP contribution in [-0.2, 0) is 20.5 Å². The molecular formula is C17H17F2NO4S2. The summed E-state index contributed by atoms with van der Waals surface area (Å²) in [4.78, 5) is 12.0. The average Bonchev–Trinajstić information content (AvgIpc) is 2.64. The predicted octanol–water partition coefficient (Wildman–Crippen LogP) is 2.92. The lowest BCUT2D eigenvalue weighted by Gasteiger charge is -2.09. The molecule has 0 spiro atoms. The molecule has 0 radical (unpaired) electrons. The number of esters is 1. The van der Waals surface area contributed by atoms with E-state index in [0.717, 1.165) is 19.2 Å². The summed E-state index contributed by atoms with van der Waals surface area (Å²) in [5.41, 5.74) is 0. The van der Waals surface area contributed by atoms with E-state index >= 15 is 0 Å². The summed E-state index contributed by atoms with van der Waals surface area (Å²) in [7, 11) is -0.187. The molecule has 0 fully saturated rings. The minimum atomic E-state index is -1.34. The molecule has 0 amide bonds. The molecular weight excluding hydrogens is 384 g/mol. The Labute approximate surface area is 156 Å². The fourth-order valence-electron chi connectivity index (χ4n) is 1.88. The van der Waals surface area contributed by atoms with Gasteiger partial charge >= 0.3 is 5.97 Å². The third kappa shape index (κ3) is 6.08. The van der Waals surface area contributed by atoms with Crippen molar-refractivity contribution >= 4 is 28.7 Å². The maximum absolute atomic E-state index is 13.9. The molecule has 0 aliphatic rings. The van der Waals surface area contributed by atoms with E-state index in [0.29, 0.717) is 22.1 Å². The SMILES string of the molecule is COC(=O)COc1c(F)cc(SCCNS(=O)c2ccccc2)cc1F. The van der Waals surface area contributed by atoms with E-state index in [4.69, 9.17) is 4.74 Å². The summed E-state index contributed by atoms with van der Waals surface area (Å²) in [6.07, 6.45) is 0. The average molecular weight is 401 g/mol. The van der Waals surface area contributed by atoms with Crippen LogP contribution in [0, 0.1) is 11.6 Å². The zero-order valence-corrected chi connectivity index (χ0v) is 15.5. The first kappa shape index (κ1) is 20.3. The van der Waals surface area contributed by atoms with Gasteiger partial charge in [0, 0.05) is 17.2 Å². The van der Waals surface area contributed by atoms with Crippen molar-refractivity contribution in [2.45, 2.75) is 9.79 Å². The van der Waals surface area contributed by atoms with Crippen molar-refractivity contribution < 1.29 is 27.3 Å². The molecule has 1 atom stereocenters. The second-order valence-corrected chi connectivity index (χ2v) is 7.37. The maximum Gasteiger partial charge on any atom is 0.343 e. The first-order valence-corrected chi connectivity index (χ1v) is 9.66. The Balaban J connectivity index is 1.84. The fourth-order valence-corrected chi connectivity index (χ4v) is 3.68. The van der Waals surface area contributed by atoms with Crippen LogP contribution in [0.4, 0.5) is 8.78 Å². The number of nitrogens with one attached hydrogen (secondary N) is 1. The molecule has 5 nitrogen and oxygen atoms in total. The Bertz CT molecular complexity index is 752. The normalized spacial score (nSPS) is 11.8. The summed E-state index contributed by atoms with van der Waals surface area (Å²) >= 11 is 1.20. The number of halogens is 2. The van der Waals surface area contributed by atoms with Crippen molar-refractivity contribution in [2.75, 3.05) is 26.0 Å². The Morgan fingerprint density at radius 1 is 1.19 bits per heavy atom. The lowest BCUT2D eigenvalue weighted by Crippen LogP contribution is -2.20. The molecule has 140 valence electrons. The van der Waals surface area contributed by atoms with Gasteiger partial charge in [0.2, 0.25) is 0 Å². The summed E-state index contributed by atoms with van der Waals surface area (Å²) in [6, 6.07) is 11.1. The van der Waals surface area contributed by atoms with E-state index in [2.05, 4.69) is 9.46 Å². The molecule has 0 aromatic heterocycles. The maximum atomic E-state index is 13.9. The summed E-state index contributed by atoms with van der Waals surface area (Å²) in [6.45, 7) is -0.192. The van der Waals surface area contributed by atoms with Crippen molar-refractivity contribution in [3.63, 3.8) is 0 Å². The first-order valence-electron chi connectivity index (χ1n) is 7.53. The van der Waals surface area contributed by atoms with Crippen LogP contribution in [0.25, 0.3) is 0 Å². The monoisotopic (exact) mass is 401 g/mol. The highest BCUT2D eigenvalue weighted by molar-refractivity contribution is 7.99. The highest BCUT2D eigenvalue weighted by Gasteiger charge is 2.15. The summed E-state index contributed by atoms with van der Waals surface area (Å²) in [5.74, 6) is -2.71. The van der Waals surface area contributed by atoms with E-state index in [1.807, 2.05) is 6.07 Å². The molecule has 0 aliphatic carbocycles. The van der Waals surface area contributed by atoms with E-state index in [1.165, 1.54) is 11.8 Å². The zero-order chi connectivity index (χ0) is 18.9. The fraction of sp³-hybridized carbons (Fsp3) is 0.235. The first-order chi connectivity index (χ1) is 12.5. The van der Waals surface area contributed by atoms with Gasteiger partial charge in [-0.1, -0.05) is 18.2 Å². The van der Waals surface area contributed by atoms with E-state index in [-0.39, 0.29) is 0 Å². The Morgan fingerprint density at radius 3 is 2.46 bits per heavy atom. The third-order valence-electron chi connectivity index (χ3n) is 3.10. The van der Waals surface area contributed by atoms with Gasteiger partial charge in [0.15, 0.2) is 24.0 Å². The Hall–Kier alpha value is -1.97. The molecule has 0 bridgehead atoms. The van der Waals surface area contributed by atoms with Gasteiger partial charge in [0.05, 0.1) is 12.0 Å². The highest BCUT2D eigenvalue weighted by atomic mass is 32.2. The largest absolute Gasteiger partial charge is 0.476 e. The van der Waals surface area contributed by atoms with Gasteiger partial charge in [-0.25, -0.2) is 22.5 Å². The number of carbonyl (C=O) groups excluding carboxylic acids is 1. The summed E-state index contributed by atoms with van der Waals surface area (Å²) in [5, 5.41) is 0. The number of benzene rings is 2. The topological polar surface area (TPSA) is 64.6 Å². The van der Waals surface area contributed by atoms with Crippen molar-refractivity contribution in [1.82, 2.24) is 4.72 Å². The molecule has 2 rings (SSSR count). The molecule has 1 unspecified atom stereocenters. The van der Waals surface area contributed by atoms with Gasteiger partial charge < -0.3 is 9.47 Å². The Kier molecular flexibility index (Phi) is 8.02. The number of thioether (sulfide) groups is 1. The number of rotatable bonds is 9. The van der Waals surface area contributed by atoms with E-state index in [9.17, 15) is 17.8 Å². The standard InChI is InChI=1S/C17H17F2NO4S2/c1-23-16(21)11-24-17-14(18)9-12(10-15(17)19)25-8-7-20-26(22)13-5-3-2-4-6-13/h2-6,9-10,20H,7-8,11H2,1H3. The van der Waals surface area contributed by atoms with Crippen LogP contribution >= 0.6 is 11.8 Å². The molecule has 1 N–H and O–H groups in total. The zero-order valence-electron chi connectivity index (χ0n) is 13.9. The highest BCUT2D eigenvalue weighted by Crippen LogP contribution is 2.28. The predicted molar refractivity (Wildman–Crippen MR) is 95.4 cm³/mol. The van der Waals surface area contributed by atoms with Gasteiger partial charge in [-0.2, -0.15) is 0 Å². The van der Waals surface area contributed by atoms with Crippen LogP contribution in [0.5, 0.6) is 5.75 Å². The molecule has 0 aliphatic heterocycles. The van der Waals surface area contributed by atoms with Gasteiger partial charge in [-0.05, 0) is 24.3 Å². The van der Waals surface area contributed by atoms with Crippen molar-refractivity contribution in [3.05, 3.63) is 54.1 Å². The van der Waals surface area contributed by atoms with Gasteiger partial charge in [-0.15, -0.1) is 11.8 Å². The Morgan fingerprint density at radius 2 is 1.85 bits per heavy atom. The number of ether oxygens (including phenoxy) is 2. The van der Waals surface area contributed by atoms with Gasteiger partial charge in [0.1, 0.15) is 11.0 Å². The third-order valence-corrected chi connectivity index (χ3v) is 5.24. The van der Waals surface area contributed by atoms with Gasteiger partial charge in [-0.3, -0.25) is 0 Å². The number of hydrogen-bond donors (Lipinski definition) is 1. The van der Waals surface area contributed by atoms with Crippen LogP contribution in [0.2, 0.25) is 0 Å². The number of hydrogen-bond acceptors (Lipinski definition) is 5. The minimum absolute atomic E-state index is 0.359. The lowest BCUT2D eigenvalue weighted by molar-refractivity contribution is -0.143. The molecule has 2 aromatic carbocycles. The van der Waals surface area contributed by atoms with Crippen molar-refractivity contribution in [2.24, 2.45) is 0 Å². The van der Waals surface area contributed by atoms with Crippen molar-refractivity contribution in [3.8, 4) is 5.75 Å². The van der Waals surface area contributed by atoms with Gasteiger partial charge in [0.25, 0.3) is 0 Å². The molecule has 2 aromatic rings. The smallest absolute Gasteiger partial charge is 0.343 e. The van der Waals surface area contributed by atoms with Crippen LogP contribution in [0.3, 0.4) is 0 Å². The van der Waals surface area contributed by atoms with Crippen LogP contribution in [-0.4, -0.2) is 36.2 Å². The van der Waals surface area contributed by atoms with Crippen LogP contribution in [0.15, 0.2) is 52.3 Å². The van der Waals surface area contributed by atoms with Crippen molar-refractivity contribution in [1.29, 1.82) is 0 Å². The van der Waals surface area contributed by atoms with Crippen LogP contribution < -0.4 is 9.46 Å². The lowest BCUT2D eigenvalue weighted by atomic mass is 10.3. The number of methoxy groups -OCH3 is 1. The second kappa shape index (κ2) is 10.2.